The molecular formula is C27H29N5O3S. The Morgan fingerprint density at radius 2 is 1.75 bits per heavy atom. The zero-order chi connectivity index (χ0) is 24.9. The summed E-state index contributed by atoms with van der Waals surface area (Å²) in [6.45, 7) is 4.02. The molecule has 0 aliphatic carbocycles. The largest absolute Gasteiger partial charge is 0.492 e. The molecule has 1 aromatic heterocycles. The van der Waals surface area contributed by atoms with Gasteiger partial charge in [0.15, 0.2) is 0 Å². The van der Waals surface area contributed by atoms with E-state index in [1.807, 2.05) is 24.3 Å². The first-order valence-corrected chi connectivity index (χ1v) is 13.2. The summed E-state index contributed by atoms with van der Waals surface area (Å²) in [6, 6.07) is 21.2. The van der Waals surface area contributed by atoms with E-state index < -0.39 is 10.9 Å². The highest BCUT2D eigenvalue weighted by Crippen LogP contribution is 2.29. The number of rotatable bonds is 9. The Hall–Kier alpha value is -3.69. The first-order valence-electron chi connectivity index (χ1n) is 12.0. The first-order chi connectivity index (χ1) is 17.6. The Kier molecular flexibility index (Phi) is 7.29. The van der Waals surface area contributed by atoms with Gasteiger partial charge in [0.05, 0.1) is 11.2 Å². The number of aromatic nitrogens is 2. The van der Waals surface area contributed by atoms with Gasteiger partial charge in [0, 0.05) is 36.4 Å². The summed E-state index contributed by atoms with van der Waals surface area (Å²) in [5.41, 5.74) is 4.26. The first kappa shape index (κ1) is 24.0. The Morgan fingerprint density at radius 3 is 2.47 bits per heavy atom. The van der Waals surface area contributed by atoms with Crippen molar-refractivity contribution >= 4 is 39.1 Å². The van der Waals surface area contributed by atoms with Crippen molar-refractivity contribution in [2.24, 2.45) is 0 Å². The van der Waals surface area contributed by atoms with Crippen LogP contribution in [0, 0.1) is 0 Å². The number of fused-ring (bicyclic) bond motifs is 1. The van der Waals surface area contributed by atoms with E-state index in [0.29, 0.717) is 18.2 Å². The maximum absolute atomic E-state index is 11.2. The van der Waals surface area contributed by atoms with Crippen LogP contribution in [0.1, 0.15) is 12.8 Å². The summed E-state index contributed by atoms with van der Waals surface area (Å²) in [4.78, 5) is 11.7. The molecule has 4 aromatic rings. The fourth-order valence-electron chi connectivity index (χ4n) is 4.36. The van der Waals surface area contributed by atoms with Crippen LogP contribution >= 0.6 is 0 Å². The zero-order valence-corrected chi connectivity index (χ0v) is 21.0. The van der Waals surface area contributed by atoms with Crippen molar-refractivity contribution in [3.8, 4) is 16.9 Å². The van der Waals surface area contributed by atoms with Crippen molar-refractivity contribution in [2.45, 2.75) is 12.8 Å². The summed E-state index contributed by atoms with van der Waals surface area (Å²) in [5.74, 6) is 1.33. The van der Waals surface area contributed by atoms with Gasteiger partial charge in [-0.3, -0.25) is 9.21 Å². The minimum Gasteiger partial charge on any atom is -0.492 e. The van der Waals surface area contributed by atoms with Crippen LogP contribution in [0.3, 0.4) is 0 Å². The molecule has 9 heteroatoms. The number of ether oxygens (including phenoxy) is 1. The monoisotopic (exact) mass is 503 g/mol. The van der Waals surface area contributed by atoms with Crippen LogP contribution in [-0.4, -0.2) is 56.6 Å². The second-order valence-corrected chi connectivity index (χ2v) is 9.87. The van der Waals surface area contributed by atoms with Crippen LogP contribution in [-0.2, 0) is 10.9 Å². The molecule has 0 spiro atoms. The van der Waals surface area contributed by atoms with Gasteiger partial charge in [-0.25, -0.2) is 18.4 Å². The summed E-state index contributed by atoms with van der Waals surface area (Å²) in [5, 5.41) is 4.15. The van der Waals surface area contributed by atoms with Crippen LogP contribution in [0.25, 0.3) is 22.0 Å². The van der Waals surface area contributed by atoms with Crippen LogP contribution in [0.15, 0.2) is 72.9 Å². The second-order valence-electron chi connectivity index (χ2n) is 8.79. The maximum Gasteiger partial charge on any atom is 0.227 e. The van der Waals surface area contributed by atoms with E-state index in [2.05, 4.69) is 33.4 Å². The Balaban J connectivity index is 1.31. The lowest BCUT2D eigenvalue weighted by atomic mass is 10.0. The molecule has 1 N–H and O–H groups in total. The van der Waals surface area contributed by atoms with Crippen molar-refractivity contribution < 1.29 is 13.2 Å². The zero-order valence-electron chi connectivity index (χ0n) is 20.1. The molecular weight excluding hydrogens is 474 g/mol. The van der Waals surface area contributed by atoms with Crippen LogP contribution in [0.5, 0.6) is 5.75 Å². The van der Waals surface area contributed by atoms with E-state index in [0.717, 1.165) is 40.0 Å². The predicted molar refractivity (Wildman–Crippen MR) is 145 cm³/mol. The van der Waals surface area contributed by atoms with E-state index in [4.69, 9.17) is 9.72 Å². The molecule has 0 radical (unpaired) electrons. The third-order valence-electron chi connectivity index (χ3n) is 6.39. The normalized spacial score (nSPS) is 13.8. The average Bonchev–Trinajstić information content (AvgIpc) is 3.42. The molecule has 0 saturated carbocycles. The van der Waals surface area contributed by atoms with Gasteiger partial charge < -0.3 is 10.1 Å². The van der Waals surface area contributed by atoms with E-state index in [1.54, 1.807) is 30.5 Å². The molecule has 8 nitrogen and oxygen atoms in total. The number of nitrogens with one attached hydrogen (secondary N) is 1. The summed E-state index contributed by atoms with van der Waals surface area (Å²) in [7, 11) is -1.16. The van der Waals surface area contributed by atoms with Crippen LogP contribution in [0.2, 0.25) is 0 Å². The summed E-state index contributed by atoms with van der Waals surface area (Å²) < 4.78 is 29.5. The number of hydrogen-bond acceptors (Lipinski definition) is 7. The quantitative estimate of drug-likeness (QED) is 0.326. The van der Waals surface area contributed by atoms with Crippen molar-refractivity contribution in [3.63, 3.8) is 0 Å². The number of likely N-dealkylation sites (tertiary alicyclic amines) is 1. The minimum absolute atomic E-state index is 0.466. The topological polar surface area (TPSA) is 87.7 Å². The SMILES string of the molecule is CN(c1ccc(Nc2ncc3cccc(-c4ccc(OCCN5CCCC5)cc4)c3n2)cc1)[SH](=O)=O. The molecule has 1 aliphatic rings. The van der Waals surface area contributed by atoms with Crippen LogP contribution < -0.4 is 14.4 Å². The standard InChI is InChI=1S/C27H29N5O3S/c1-31(36(33)34)23-11-9-22(10-12-23)29-27-28-19-21-5-4-6-25(26(21)30-27)20-7-13-24(14-8-20)35-18-17-32-15-2-3-16-32/h4-14,19,36H,2-3,15-18H2,1H3,(H,28,29,30). The third kappa shape index (κ3) is 5.58. The Morgan fingerprint density at radius 1 is 1.00 bits per heavy atom. The molecule has 3 aromatic carbocycles. The van der Waals surface area contributed by atoms with E-state index in [9.17, 15) is 8.42 Å². The highest BCUT2D eigenvalue weighted by atomic mass is 32.2. The second kappa shape index (κ2) is 10.9. The minimum atomic E-state index is -2.67. The van der Waals surface area contributed by atoms with E-state index in [1.165, 1.54) is 37.3 Å². The molecule has 1 fully saturated rings. The summed E-state index contributed by atoms with van der Waals surface area (Å²) >= 11 is 0. The molecule has 0 amide bonds. The number of hydrogen-bond donors (Lipinski definition) is 2. The van der Waals surface area contributed by atoms with Gasteiger partial charge in [-0.2, -0.15) is 0 Å². The number of para-hydroxylation sites is 1. The number of benzene rings is 3. The number of thiol groups is 1. The lowest BCUT2D eigenvalue weighted by molar-refractivity contribution is 0.238. The van der Waals surface area contributed by atoms with Gasteiger partial charge in [0.2, 0.25) is 16.8 Å². The van der Waals surface area contributed by atoms with Crippen LogP contribution in [0.4, 0.5) is 17.3 Å². The van der Waals surface area contributed by atoms with Gasteiger partial charge >= 0.3 is 0 Å². The van der Waals surface area contributed by atoms with Gasteiger partial charge in [-0.15, -0.1) is 0 Å². The highest BCUT2D eigenvalue weighted by Gasteiger charge is 2.11. The molecule has 0 atom stereocenters. The lowest BCUT2D eigenvalue weighted by Gasteiger charge is -2.15. The molecule has 0 unspecified atom stereocenters. The molecule has 1 aliphatic heterocycles. The Bertz CT molecular complexity index is 1390. The smallest absolute Gasteiger partial charge is 0.227 e. The van der Waals surface area contributed by atoms with Crippen molar-refractivity contribution in [3.05, 3.63) is 72.9 Å². The maximum atomic E-state index is 11.2. The molecule has 36 heavy (non-hydrogen) atoms. The van der Waals surface area contributed by atoms with Crippen molar-refractivity contribution in [1.82, 2.24) is 14.9 Å². The van der Waals surface area contributed by atoms with E-state index >= 15 is 0 Å². The number of nitrogens with zero attached hydrogens (tertiary/aromatic N) is 4. The third-order valence-corrected chi connectivity index (χ3v) is 7.11. The summed E-state index contributed by atoms with van der Waals surface area (Å²) in [6.07, 6.45) is 4.38. The van der Waals surface area contributed by atoms with Gasteiger partial charge in [0.25, 0.3) is 0 Å². The fourth-order valence-corrected chi connectivity index (χ4v) is 4.68. The van der Waals surface area contributed by atoms with Gasteiger partial charge in [-0.05, 0) is 67.9 Å². The fraction of sp³-hybridized carbons (Fsp3) is 0.259. The predicted octanol–water partition coefficient (Wildman–Crippen LogP) is 4.48. The Labute approximate surface area is 212 Å². The molecule has 0 bridgehead atoms. The van der Waals surface area contributed by atoms with E-state index in [-0.39, 0.29) is 0 Å². The molecule has 5 rings (SSSR count). The molecule has 186 valence electrons. The average molecular weight is 504 g/mol. The lowest BCUT2D eigenvalue weighted by Crippen LogP contribution is -2.25. The van der Waals surface area contributed by atoms with Gasteiger partial charge in [-0.1, -0.05) is 30.3 Å². The van der Waals surface area contributed by atoms with Gasteiger partial charge in [0.1, 0.15) is 12.4 Å². The molecule has 2 heterocycles. The van der Waals surface area contributed by atoms with Crippen molar-refractivity contribution in [2.75, 3.05) is 42.9 Å². The van der Waals surface area contributed by atoms with Crippen molar-refractivity contribution in [1.29, 1.82) is 0 Å². The molecule has 1 saturated heterocycles. The number of anilines is 3. The highest BCUT2D eigenvalue weighted by molar-refractivity contribution is 7.74.